The maximum atomic E-state index is 10.3. The molecule has 0 saturated carbocycles. The van der Waals surface area contributed by atoms with Gasteiger partial charge in [0.05, 0.1) is 6.10 Å². The van der Waals surface area contributed by atoms with E-state index in [1.165, 1.54) is 11.1 Å². The molecule has 0 spiro atoms. The van der Waals surface area contributed by atoms with Gasteiger partial charge < -0.3 is 10.0 Å². The third-order valence-corrected chi connectivity index (χ3v) is 4.17. The van der Waals surface area contributed by atoms with Crippen LogP contribution in [0.5, 0.6) is 0 Å². The van der Waals surface area contributed by atoms with Crippen LogP contribution in [0.25, 0.3) is 0 Å². The zero-order chi connectivity index (χ0) is 15.4. The number of hydrogen-bond donors (Lipinski definition) is 1. The molecule has 0 bridgehead atoms. The molecule has 2 aromatic rings. The lowest BCUT2D eigenvalue weighted by Gasteiger charge is -2.16. The number of aliphatic hydroxyl groups excluding tert-OH is 1. The van der Waals surface area contributed by atoms with Gasteiger partial charge in [0, 0.05) is 43.8 Å². The molecule has 0 radical (unpaired) electrons. The van der Waals surface area contributed by atoms with Crippen LogP contribution >= 0.6 is 0 Å². The third kappa shape index (κ3) is 3.42. The predicted octanol–water partition coefficient (Wildman–Crippen LogP) is 1.86. The fraction of sp³-hybridized carbons (Fsp3) is 0.471. The van der Waals surface area contributed by atoms with E-state index in [4.69, 9.17) is 0 Å². The van der Waals surface area contributed by atoms with E-state index < -0.39 is 0 Å². The third-order valence-electron chi connectivity index (χ3n) is 4.17. The molecule has 0 aromatic carbocycles. The largest absolute Gasteiger partial charge is 0.391 e. The number of β-amino-alcohol motifs (C(OH)–C–C–N with tert-alkyl or cyclic N) is 1. The smallest absolute Gasteiger partial charge is 0.225 e. The van der Waals surface area contributed by atoms with Crippen LogP contribution in [0.4, 0.5) is 5.95 Å². The molecule has 1 N–H and O–H groups in total. The number of anilines is 1. The Morgan fingerprint density at radius 2 is 1.86 bits per heavy atom. The highest BCUT2D eigenvalue weighted by Crippen LogP contribution is 2.24. The minimum Gasteiger partial charge on any atom is -0.391 e. The van der Waals surface area contributed by atoms with E-state index in [-0.39, 0.29) is 12.0 Å². The van der Waals surface area contributed by atoms with Gasteiger partial charge >= 0.3 is 0 Å². The summed E-state index contributed by atoms with van der Waals surface area (Å²) in [5.41, 5.74) is 2.37. The second kappa shape index (κ2) is 6.83. The Balaban J connectivity index is 1.65. The molecular formula is C17H22N4O. The van der Waals surface area contributed by atoms with Crippen LogP contribution in [-0.2, 0) is 12.8 Å². The Morgan fingerprint density at radius 3 is 2.55 bits per heavy atom. The van der Waals surface area contributed by atoms with E-state index in [2.05, 4.69) is 26.8 Å². The van der Waals surface area contributed by atoms with Crippen LogP contribution in [0.3, 0.4) is 0 Å². The monoisotopic (exact) mass is 298 g/mol. The van der Waals surface area contributed by atoms with Crippen molar-refractivity contribution in [2.24, 2.45) is 5.92 Å². The summed E-state index contributed by atoms with van der Waals surface area (Å²) in [5, 5.41) is 10.3. The fourth-order valence-corrected chi connectivity index (χ4v) is 2.97. The lowest BCUT2D eigenvalue weighted by molar-refractivity contribution is 0.148. The number of rotatable bonds is 5. The van der Waals surface area contributed by atoms with Gasteiger partial charge in [-0.1, -0.05) is 13.3 Å². The topological polar surface area (TPSA) is 62.1 Å². The van der Waals surface area contributed by atoms with Crippen molar-refractivity contribution < 1.29 is 5.11 Å². The SMILES string of the molecule is CCCc1cnc(N2C[C@@H](Cc3ccncc3)[C@H](O)C2)nc1. The first-order chi connectivity index (χ1) is 10.8. The van der Waals surface area contributed by atoms with Gasteiger partial charge in [0.15, 0.2) is 0 Å². The number of aryl methyl sites for hydroxylation is 1. The Kier molecular flexibility index (Phi) is 4.63. The van der Waals surface area contributed by atoms with E-state index in [1.807, 2.05) is 24.5 Å². The lowest BCUT2D eigenvalue weighted by atomic mass is 9.97. The quantitative estimate of drug-likeness (QED) is 0.913. The number of hydrogen-bond acceptors (Lipinski definition) is 5. The second-order valence-electron chi connectivity index (χ2n) is 5.93. The average Bonchev–Trinajstić information content (AvgIpc) is 2.90. The van der Waals surface area contributed by atoms with E-state index >= 15 is 0 Å². The van der Waals surface area contributed by atoms with Crippen LogP contribution in [0.1, 0.15) is 24.5 Å². The molecule has 22 heavy (non-hydrogen) atoms. The number of aliphatic hydroxyl groups is 1. The number of aromatic nitrogens is 3. The molecule has 3 heterocycles. The highest BCUT2D eigenvalue weighted by Gasteiger charge is 2.32. The van der Waals surface area contributed by atoms with Gasteiger partial charge in [-0.05, 0) is 36.1 Å². The molecule has 1 saturated heterocycles. The van der Waals surface area contributed by atoms with Crippen molar-refractivity contribution >= 4 is 5.95 Å². The van der Waals surface area contributed by atoms with Crippen molar-refractivity contribution in [3.05, 3.63) is 48.0 Å². The summed E-state index contributed by atoms with van der Waals surface area (Å²) >= 11 is 0. The predicted molar refractivity (Wildman–Crippen MR) is 85.7 cm³/mol. The van der Waals surface area contributed by atoms with E-state index in [9.17, 15) is 5.11 Å². The summed E-state index contributed by atoms with van der Waals surface area (Å²) in [5.74, 6) is 0.928. The molecule has 5 heteroatoms. The Bertz CT molecular complexity index is 587. The molecule has 1 aliphatic rings. The Hall–Kier alpha value is -2.01. The average molecular weight is 298 g/mol. The number of pyridine rings is 1. The summed E-state index contributed by atoms with van der Waals surface area (Å²) in [6.07, 6.45) is 10.0. The first kappa shape index (κ1) is 14.9. The molecule has 1 fully saturated rings. The first-order valence-corrected chi connectivity index (χ1v) is 7.89. The minimum atomic E-state index is -0.341. The molecule has 0 amide bonds. The molecule has 2 aromatic heterocycles. The van der Waals surface area contributed by atoms with Crippen molar-refractivity contribution in [1.29, 1.82) is 0 Å². The normalized spacial score (nSPS) is 21.3. The van der Waals surface area contributed by atoms with Crippen molar-refractivity contribution in [2.75, 3.05) is 18.0 Å². The van der Waals surface area contributed by atoms with Gasteiger partial charge in [-0.15, -0.1) is 0 Å². The molecule has 116 valence electrons. The van der Waals surface area contributed by atoms with Gasteiger partial charge in [-0.2, -0.15) is 0 Å². The molecule has 0 aliphatic carbocycles. The highest BCUT2D eigenvalue weighted by molar-refractivity contribution is 5.33. The molecule has 2 atom stereocenters. The van der Waals surface area contributed by atoms with E-state index in [1.54, 1.807) is 12.4 Å². The summed E-state index contributed by atoms with van der Waals surface area (Å²) < 4.78 is 0. The second-order valence-corrected chi connectivity index (χ2v) is 5.93. The number of nitrogens with zero attached hydrogens (tertiary/aromatic N) is 4. The standard InChI is InChI=1S/C17H22N4O/c1-2-3-14-9-19-17(20-10-14)21-11-15(16(22)12-21)8-13-4-6-18-7-5-13/h4-7,9-10,15-16,22H,2-3,8,11-12H2,1H3/t15-,16-/m1/s1. The maximum absolute atomic E-state index is 10.3. The molecule has 0 unspecified atom stereocenters. The first-order valence-electron chi connectivity index (χ1n) is 7.89. The summed E-state index contributed by atoms with van der Waals surface area (Å²) in [4.78, 5) is 15.0. The van der Waals surface area contributed by atoms with Gasteiger partial charge in [0.1, 0.15) is 0 Å². The zero-order valence-electron chi connectivity index (χ0n) is 12.9. The van der Waals surface area contributed by atoms with Crippen molar-refractivity contribution in [3.8, 4) is 0 Å². The Morgan fingerprint density at radius 1 is 1.14 bits per heavy atom. The van der Waals surface area contributed by atoms with Crippen LogP contribution < -0.4 is 4.90 Å². The molecular weight excluding hydrogens is 276 g/mol. The Labute approximate surface area is 131 Å². The van der Waals surface area contributed by atoms with Crippen LogP contribution in [-0.4, -0.2) is 39.3 Å². The van der Waals surface area contributed by atoms with Gasteiger partial charge in [0.2, 0.25) is 5.95 Å². The fourth-order valence-electron chi connectivity index (χ4n) is 2.97. The molecule has 1 aliphatic heterocycles. The van der Waals surface area contributed by atoms with Crippen molar-refractivity contribution in [1.82, 2.24) is 15.0 Å². The van der Waals surface area contributed by atoms with Crippen molar-refractivity contribution in [2.45, 2.75) is 32.3 Å². The van der Waals surface area contributed by atoms with Gasteiger partial charge in [0.25, 0.3) is 0 Å². The van der Waals surface area contributed by atoms with E-state index in [0.717, 1.165) is 31.8 Å². The van der Waals surface area contributed by atoms with Gasteiger partial charge in [-0.25, -0.2) is 9.97 Å². The summed E-state index contributed by atoms with van der Waals surface area (Å²) in [6, 6.07) is 4.01. The van der Waals surface area contributed by atoms with Crippen molar-refractivity contribution in [3.63, 3.8) is 0 Å². The maximum Gasteiger partial charge on any atom is 0.225 e. The van der Waals surface area contributed by atoms with Crippen LogP contribution in [0.2, 0.25) is 0 Å². The summed E-state index contributed by atoms with van der Waals surface area (Å²) in [7, 11) is 0. The highest BCUT2D eigenvalue weighted by atomic mass is 16.3. The summed E-state index contributed by atoms with van der Waals surface area (Å²) in [6.45, 7) is 3.54. The van der Waals surface area contributed by atoms with E-state index in [0.29, 0.717) is 6.54 Å². The van der Waals surface area contributed by atoms with Crippen LogP contribution in [0, 0.1) is 5.92 Å². The van der Waals surface area contributed by atoms with Gasteiger partial charge in [-0.3, -0.25) is 4.98 Å². The lowest BCUT2D eigenvalue weighted by Crippen LogP contribution is -2.23. The minimum absolute atomic E-state index is 0.210. The molecule has 5 nitrogen and oxygen atoms in total. The van der Waals surface area contributed by atoms with Crippen LogP contribution in [0.15, 0.2) is 36.9 Å². The molecule has 3 rings (SSSR count). The zero-order valence-corrected chi connectivity index (χ0v) is 12.9.